The lowest BCUT2D eigenvalue weighted by atomic mass is 10.1. The second-order valence-electron chi connectivity index (χ2n) is 3.04. The SMILES string of the molecule is C1=Cc2sc3c(c2CN1)NCN=C3. The summed E-state index contributed by atoms with van der Waals surface area (Å²) in [7, 11) is 0. The van der Waals surface area contributed by atoms with E-state index >= 15 is 0 Å². The highest BCUT2D eigenvalue weighted by atomic mass is 32.1. The summed E-state index contributed by atoms with van der Waals surface area (Å²) in [6.07, 6.45) is 6.08. The zero-order chi connectivity index (χ0) is 8.67. The van der Waals surface area contributed by atoms with Crippen LogP contribution in [0.3, 0.4) is 0 Å². The monoisotopic (exact) mass is 191 g/mol. The number of rotatable bonds is 0. The van der Waals surface area contributed by atoms with Crippen molar-refractivity contribution in [2.45, 2.75) is 6.54 Å². The van der Waals surface area contributed by atoms with Gasteiger partial charge in [0.05, 0.1) is 10.6 Å². The minimum absolute atomic E-state index is 0.708. The number of anilines is 1. The summed E-state index contributed by atoms with van der Waals surface area (Å²) in [6, 6.07) is 0. The van der Waals surface area contributed by atoms with Gasteiger partial charge in [0.1, 0.15) is 6.67 Å². The van der Waals surface area contributed by atoms with E-state index in [1.54, 1.807) is 11.3 Å². The minimum Gasteiger partial charge on any atom is -0.387 e. The highest BCUT2D eigenvalue weighted by Gasteiger charge is 2.18. The summed E-state index contributed by atoms with van der Waals surface area (Å²) in [5.74, 6) is 0. The zero-order valence-electron chi connectivity index (χ0n) is 7.00. The Hall–Kier alpha value is -1.29. The summed E-state index contributed by atoms with van der Waals surface area (Å²) in [6.45, 7) is 1.64. The van der Waals surface area contributed by atoms with Gasteiger partial charge >= 0.3 is 0 Å². The molecular formula is C9H9N3S. The third-order valence-electron chi connectivity index (χ3n) is 2.25. The molecule has 0 atom stereocenters. The molecule has 0 bridgehead atoms. The van der Waals surface area contributed by atoms with E-state index in [0.29, 0.717) is 6.67 Å². The van der Waals surface area contributed by atoms with Crippen LogP contribution in [-0.2, 0) is 6.54 Å². The summed E-state index contributed by atoms with van der Waals surface area (Å²) in [4.78, 5) is 6.80. The average Bonchev–Trinajstić information content (AvgIpc) is 2.56. The molecule has 0 aliphatic carbocycles. The first-order valence-electron chi connectivity index (χ1n) is 4.24. The molecular weight excluding hydrogens is 182 g/mol. The van der Waals surface area contributed by atoms with Crippen molar-refractivity contribution in [1.29, 1.82) is 0 Å². The van der Waals surface area contributed by atoms with Gasteiger partial charge in [-0.05, 0) is 12.3 Å². The van der Waals surface area contributed by atoms with Gasteiger partial charge in [0, 0.05) is 23.2 Å². The smallest absolute Gasteiger partial charge is 0.107 e. The van der Waals surface area contributed by atoms with Gasteiger partial charge < -0.3 is 10.6 Å². The largest absolute Gasteiger partial charge is 0.387 e. The van der Waals surface area contributed by atoms with Crippen LogP contribution < -0.4 is 10.6 Å². The van der Waals surface area contributed by atoms with Gasteiger partial charge in [0.25, 0.3) is 0 Å². The van der Waals surface area contributed by atoms with Crippen molar-refractivity contribution >= 4 is 29.3 Å². The molecule has 0 saturated heterocycles. The van der Waals surface area contributed by atoms with E-state index in [4.69, 9.17) is 0 Å². The van der Waals surface area contributed by atoms with Gasteiger partial charge in [0.2, 0.25) is 0 Å². The topological polar surface area (TPSA) is 36.4 Å². The number of hydrogen-bond donors (Lipinski definition) is 2. The van der Waals surface area contributed by atoms with Crippen molar-refractivity contribution in [2.24, 2.45) is 4.99 Å². The molecule has 2 aliphatic rings. The Bertz CT molecular complexity index is 367. The highest BCUT2D eigenvalue weighted by molar-refractivity contribution is 7.15. The second-order valence-corrected chi connectivity index (χ2v) is 4.13. The molecule has 13 heavy (non-hydrogen) atoms. The Labute approximate surface area is 80.2 Å². The van der Waals surface area contributed by atoms with Crippen LogP contribution in [0.2, 0.25) is 0 Å². The quantitative estimate of drug-likeness (QED) is 0.654. The predicted molar refractivity (Wildman–Crippen MR) is 56.3 cm³/mol. The molecule has 0 amide bonds. The number of thiophene rings is 1. The molecule has 0 radical (unpaired) electrons. The third kappa shape index (κ3) is 0.986. The fourth-order valence-corrected chi connectivity index (χ4v) is 2.74. The Morgan fingerprint density at radius 2 is 2.38 bits per heavy atom. The van der Waals surface area contributed by atoms with Gasteiger partial charge in [-0.1, -0.05) is 0 Å². The van der Waals surface area contributed by atoms with Crippen molar-refractivity contribution in [3.63, 3.8) is 0 Å². The maximum absolute atomic E-state index is 4.19. The average molecular weight is 191 g/mol. The molecule has 3 heterocycles. The van der Waals surface area contributed by atoms with Crippen LogP contribution in [0.1, 0.15) is 15.3 Å². The molecule has 0 unspecified atom stereocenters. The van der Waals surface area contributed by atoms with Gasteiger partial charge in [-0.25, -0.2) is 0 Å². The fraction of sp³-hybridized carbons (Fsp3) is 0.222. The standard InChI is InChI=1S/C9H9N3S/c1-2-10-3-6-7(1)13-8-4-11-5-12-9(6)8/h1-2,4,10,12H,3,5H2. The normalized spacial score (nSPS) is 17.2. The number of nitrogens with one attached hydrogen (secondary N) is 2. The van der Waals surface area contributed by atoms with Crippen LogP contribution >= 0.6 is 11.3 Å². The van der Waals surface area contributed by atoms with Crippen LogP contribution in [0.15, 0.2) is 11.2 Å². The molecule has 0 spiro atoms. The van der Waals surface area contributed by atoms with E-state index in [0.717, 1.165) is 6.54 Å². The summed E-state index contributed by atoms with van der Waals surface area (Å²) >= 11 is 1.80. The van der Waals surface area contributed by atoms with E-state index in [9.17, 15) is 0 Å². The van der Waals surface area contributed by atoms with Crippen LogP contribution in [0, 0.1) is 0 Å². The Balaban J connectivity index is 2.22. The predicted octanol–water partition coefficient (Wildman–Crippen LogP) is 1.62. The van der Waals surface area contributed by atoms with E-state index in [1.807, 2.05) is 12.4 Å². The zero-order valence-corrected chi connectivity index (χ0v) is 7.82. The van der Waals surface area contributed by atoms with E-state index in [2.05, 4.69) is 21.7 Å². The first-order chi connectivity index (χ1) is 6.45. The first-order valence-corrected chi connectivity index (χ1v) is 5.06. The van der Waals surface area contributed by atoms with Crippen LogP contribution in [0.4, 0.5) is 5.69 Å². The Morgan fingerprint density at radius 1 is 1.38 bits per heavy atom. The maximum Gasteiger partial charge on any atom is 0.107 e. The van der Waals surface area contributed by atoms with Gasteiger partial charge in [-0.3, -0.25) is 4.99 Å². The molecule has 66 valence electrons. The fourth-order valence-electron chi connectivity index (χ4n) is 1.65. The van der Waals surface area contributed by atoms with E-state index in [1.165, 1.54) is 21.0 Å². The van der Waals surface area contributed by atoms with Gasteiger partial charge in [-0.2, -0.15) is 0 Å². The van der Waals surface area contributed by atoms with Crippen molar-refractivity contribution in [3.05, 3.63) is 21.5 Å². The lowest BCUT2D eigenvalue weighted by Crippen LogP contribution is -2.12. The summed E-state index contributed by atoms with van der Waals surface area (Å²) in [5, 5.41) is 6.53. The lowest BCUT2D eigenvalue weighted by Gasteiger charge is -2.12. The molecule has 1 aromatic rings. The second kappa shape index (κ2) is 2.60. The Morgan fingerprint density at radius 3 is 3.38 bits per heavy atom. The molecule has 3 rings (SSSR count). The molecule has 1 aromatic heterocycles. The van der Waals surface area contributed by atoms with Crippen LogP contribution in [0.25, 0.3) is 6.08 Å². The number of hydrogen-bond acceptors (Lipinski definition) is 4. The summed E-state index contributed by atoms with van der Waals surface area (Å²) < 4.78 is 0. The molecule has 2 aliphatic heterocycles. The number of aliphatic imine (C=N–C) groups is 1. The number of fused-ring (bicyclic) bond motifs is 3. The third-order valence-corrected chi connectivity index (χ3v) is 3.38. The minimum atomic E-state index is 0.708. The molecule has 2 N–H and O–H groups in total. The van der Waals surface area contributed by atoms with Crippen molar-refractivity contribution in [3.8, 4) is 0 Å². The van der Waals surface area contributed by atoms with Crippen LogP contribution in [0.5, 0.6) is 0 Å². The van der Waals surface area contributed by atoms with Crippen molar-refractivity contribution < 1.29 is 0 Å². The van der Waals surface area contributed by atoms with Gasteiger partial charge in [-0.15, -0.1) is 11.3 Å². The molecule has 4 heteroatoms. The molecule has 0 aromatic carbocycles. The molecule has 3 nitrogen and oxygen atoms in total. The first kappa shape index (κ1) is 7.15. The van der Waals surface area contributed by atoms with Crippen molar-refractivity contribution in [1.82, 2.24) is 5.32 Å². The van der Waals surface area contributed by atoms with E-state index < -0.39 is 0 Å². The van der Waals surface area contributed by atoms with E-state index in [-0.39, 0.29) is 0 Å². The van der Waals surface area contributed by atoms with Crippen LogP contribution in [-0.4, -0.2) is 12.9 Å². The summed E-state index contributed by atoms with van der Waals surface area (Å²) in [5.41, 5.74) is 2.65. The maximum atomic E-state index is 4.19. The lowest BCUT2D eigenvalue weighted by molar-refractivity contribution is 0.864. The Kier molecular flexibility index (Phi) is 1.43. The van der Waals surface area contributed by atoms with Crippen molar-refractivity contribution in [2.75, 3.05) is 12.0 Å². The highest BCUT2D eigenvalue weighted by Crippen LogP contribution is 2.35. The molecule has 0 fully saturated rings. The molecule has 0 saturated carbocycles. The van der Waals surface area contributed by atoms with Gasteiger partial charge in [0.15, 0.2) is 0 Å². The number of nitrogens with zero attached hydrogens (tertiary/aromatic N) is 1.